The molecule has 3 aromatic rings. The molecular weight excluding hydrogens is 508 g/mol. The van der Waals surface area contributed by atoms with E-state index in [4.69, 9.17) is 15.5 Å². The minimum absolute atomic E-state index is 0.244. The van der Waals surface area contributed by atoms with E-state index in [-0.39, 0.29) is 18.0 Å². The number of benzene rings is 2. The summed E-state index contributed by atoms with van der Waals surface area (Å²) in [6, 6.07) is 13.0. The van der Waals surface area contributed by atoms with Crippen LogP contribution in [0.4, 0.5) is 39.3 Å². The van der Waals surface area contributed by atoms with E-state index in [9.17, 15) is 9.59 Å². The molecule has 1 unspecified atom stereocenters. The first kappa shape index (κ1) is 26.9. The summed E-state index contributed by atoms with van der Waals surface area (Å²) >= 11 is 0. The van der Waals surface area contributed by atoms with Crippen LogP contribution >= 0.6 is 0 Å². The highest BCUT2D eigenvalue weighted by Crippen LogP contribution is 2.36. The monoisotopic (exact) mass is 542 g/mol. The summed E-state index contributed by atoms with van der Waals surface area (Å²) in [5.74, 6) is 1.10. The molecule has 0 saturated carbocycles. The Hall–Kier alpha value is -4.64. The second-order valence-corrected chi connectivity index (χ2v) is 9.95. The normalized spacial score (nSPS) is 17.1. The van der Waals surface area contributed by atoms with Gasteiger partial charge >= 0.3 is 6.03 Å². The number of nitrogens with two attached hydrogens (primary N) is 1. The lowest BCUT2D eigenvalue weighted by atomic mass is 10.1. The molecule has 3 heterocycles. The SMILES string of the molecule is C=CC(=O)Nc1cccc(N2C(=O)N(C)Cc3cnc(Nc4ccc(N5CCCC(N)CC5)cc4OC)nc32)c1. The molecule has 40 heavy (non-hydrogen) atoms. The summed E-state index contributed by atoms with van der Waals surface area (Å²) in [7, 11) is 3.35. The molecule has 2 aliphatic heterocycles. The highest BCUT2D eigenvalue weighted by Gasteiger charge is 2.32. The highest BCUT2D eigenvalue weighted by molar-refractivity contribution is 6.03. The summed E-state index contributed by atoms with van der Waals surface area (Å²) in [6.45, 7) is 5.72. The van der Waals surface area contributed by atoms with E-state index in [1.54, 1.807) is 49.5 Å². The zero-order valence-electron chi connectivity index (χ0n) is 22.8. The molecule has 5 rings (SSSR count). The molecule has 11 nitrogen and oxygen atoms in total. The first-order valence-electron chi connectivity index (χ1n) is 13.3. The van der Waals surface area contributed by atoms with E-state index in [1.807, 2.05) is 18.2 Å². The molecule has 208 valence electrons. The van der Waals surface area contributed by atoms with Gasteiger partial charge in [-0.3, -0.25) is 4.79 Å². The fourth-order valence-corrected chi connectivity index (χ4v) is 4.98. The van der Waals surface area contributed by atoms with Gasteiger partial charge in [0.25, 0.3) is 0 Å². The molecule has 3 amide bonds. The van der Waals surface area contributed by atoms with Crippen LogP contribution in [-0.4, -0.2) is 60.1 Å². The van der Waals surface area contributed by atoms with Crippen molar-refractivity contribution in [2.75, 3.05) is 47.7 Å². The van der Waals surface area contributed by atoms with E-state index >= 15 is 0 Å². The lowest BCUT2D eigenvalue weighted by Gasteiger charge is -2.34. The molecule has 1 saturated heterocycles. The van der Waals surface area contributed by atoms with Crippen LogP contribution in [0.15, 0.2) is 61.3 Å². The van der Waals surface area contributed by atoms with Crippen LogP contribution in [0, 0.1) is 0 Å². The molecule has 11 heteroatoms. The summed E-state index contributed by atoms with van der Waals surface area (Å²) in [5, 5.41) is 6.00. The maximum Gasteiger partial charge on any atom is 0.330 e. The lowest BCUT2D eigenvalue weighted by molar-refractivity contribution is -0.111. The van der Waals surface area contributed by atoms with E-state index in [0.717, 1.165) is 43.6 Å². The Morgan fingerprint density at radius 2 is 2.02 bits per heavy atom. The first-order chi connectivity index (χ1) is 19.4. The number of carbonyl (C=O) groups is 2. The number of carbonyl (C=O) groups excluding carboxylic acids is 2. The molecule has 4 N–H and O–H groups in total. The van der Waals surface area contributed by atoms with Crippen LogP contribution in [0.3, 0.4) is 0 Å². The summed E-state index contributed by atoms with van der Waals surface area (Å²) < 4.78 is 5.71. The Kier molecular flexibility index (Phi) is 7.83. The van der Waals surface area contributed by atoms with Gasteiger partial charge in [-0.25, -0.2) is 14.7 Å². The van der Waals surface area contributed by atoms with E-state index < -0.39 is 0 Å². The van der Waals surface area contributed by atoms with Gasteiger partial charge in [-0.15, -0.1) is 0 Å². The molecule has 0 bridgehead atoms. The van der Waals surface area contributed by atoms with Gasteiger partial charge in [0.2, 0.25) is 11.9 Å². The molecule has 0 aliphatic carbocycles. The van der Waals surface area contributed by atoms with Crippen molar-refractivity contribution in [1.82, 2.24) is 14.9 Å². The second-order valence-electron chi connectivity index (χ2n) is 9.95. The van der Waals surface area contributed by atoms with Crippen molar-refractivity contribution < 1.29 is 14.3 Å². The van der Waals surface area contributed by atoms with Crippen molar-refractivity contribution in [1.29, 1.82) is 0 Å². The number of hydrogen-bond acceptors (Lipinski definition) is 8. The number of aromatic nitrogens is 2. The zero-order chi connectivity index (χ0) is 28.2. The maximum atomic E-state index is 13.3. The maximum absolute atomic E-state index is 13.3. The van der Waals surface area contributed by atoms with Crippen molar-refractivity contribution in [2.45, 2.75) is 31.8 Å². The quantitative estimate of drug-likeness (QED) is 0.375. The highest BCUT2D eigenvalue weighted by atomic mass is 16.5. The number of urea groups is 1. The molecule has 2 aliphatic rings. The fraction of sp³-hybridized carbons (Fsp3) is 0.310. The van der Waals surface area contributed by atoms with Crippen LogP contribution in [0.2, 0.25) is 0 Å². The Balaban J connectivity index is 1.44. The Morgan fingerprint density at radius 1 is 1.18 bits per heavy atom. The Bertz CT molecular complexity index is 1430. The summed E-state index contributed by atoms with van der Waals surface area (Å²) in [4.78, 5) is 39.8. The van der Waals surface area contributed by atoms with Crippen molar-refractivity contribution in [3.05, 3.63) is 66.9 Å². The molecule has 2 aromatic carbocycles. The standard InChI is InChI=1S/C29H34N8O3/c1-4-26(38)32-21-8-5-9-23(15-21)37-27-19(18-35(2)29(37)39)17-31-28(34-27)33-24-11-10-22(16-25(24)40-3)36-13-6-7-20(30)12-14-36/h4-5,8-11,15-17,20H,1,6-7,12-14,18,30H2,2-3H3,(H,32,38)(H,31,33,34). The van der Waals surface area contributed by atoms with Gasteiger partial charge in [0.15, 0.2) is 5.82 Å². The third-order valence-electron chi connectivity index (χ3n) is 7.11. The van der Waals surface area contributed by atoms with Crippen molar-refractivity contribution in [3.8, 4) is 5.75 Å². The van der Waals surface area contributed by atoms with Crippen LogP contribution in [0.1, 0.15) is 24.8 Å². The van der Waals surface area contributed by atoms with Gasteiger partial charge < -0.3 is 30.9 Å². The lowest BCUT2D eigenvalue weighted by Crippen LogP contribution is -2.43. The van der Waals surface area contributed by atoms with Crippen LogP contribution in [0.5, 0.6) is 5.75 Å². The summed E-state index contributed by atoms with van der Waals surface area (Å²) in [5.41, 5.74) is 9.82. The predicted octanol–water partition coefficient (Wildman–Crippen LogP) is 4.37. The molecule has 0 spiro atoms. The number of ether oxygens (including phenoxy) is 1. The molecule has 0 radical (unpaired) electrons. The number of nitrogens with one attached hydrogen (secondary N) is 2. The average molecular weight is 543 g/mol. The minimum Gasteiger partial charge on any atom is -0.494 e. The number of amides is 3. The molecule has 1 fully saturated rings. The van der Waals surface area contributed by atoms with Gasteiger partial charge in [0.1, 0.15) is 5.75 Å². The minimum atomic E-state index is -0.340. The fourth-order valence-electron chi connectivity index (χ4n) is 4.98. The van der Waals surface area contributed by atoms with Gasteiger partial charge in [-0.2, -0.15) is 4.98 Å². The third kappa shape index (κ3) is 5.69. The van der Waals surface area contributed by atoms with E-state index in [2.05, 4.69) is 27.1 Å². The smallest absolute Gasteiger partial charge is 0.330 e. The average Bonchev–Trinajstić information content (AvgIpc) is 3.18. The third-order valence-corrected chi connectivity index (χ3v) is 7.11. The van der Waals surface area contributed by atoms with Gasteiger partial charge in [-0.1, -0.05) is 12.6 Å². The largest absolute Gasteiger partial charge is 0.494 e. The van der Waals surface area contributed by atoms with Gasteiger partial charge in [0, 0.05) is 55.4 Å². The number of nitrogens with zero attached hydrogens (tertiary/aromatic N) is 5. The second kappa shape index (κ2) is 11.6. The number of methoxy groups -OCH3 is 1. The molecule has 1 atom stereocenters. The Labute approximate surface area is 233 Å². The van der Waals surface area contributed by atoms with Crippen molar-refractivity contribution in [2.24, 2.45) is 5.73 Å². The van der Waals surface area contributed by atoms with E-state index in [1.165, 1.54) is 11.0 Å². The van der Waals surface area contributed by atoms with Crippen molar-refractivity contribution >= 4 is 46.5 Å². The summed E-state index contributed by atoms with van der Waals surface area (Å²) in [6.07, 6.45) is 5.95. The van der Waals surface area contributed by atoms with Crippen molar-refractivity contribution in [3.63, 3.8) is 0 Å². The number of anilines is 6. The number of fused-ring (bicyclic) bond motifs is 1. The number of rotatable bonds is 7. The topological polar surface area (TPSA) is 129 Å². The van der Waals surface area contributed by atoms with E-state index in [0.29, 0.717) is 41.1 Å². The van der Waals surface area contributed by atoms with Gasteiger partial charge in [-0.05, 0) is 55.7 Å². The van der Waals surface area contributed by atoms with Crippen LogP contribution in [-0.2, 0) is 11.3 Å². The first-order valence-corrected chi connectivity index (χ1v) is 13.3. The van der Waals surface area contributed by atoms with Gasteiger partial charge in [0.05, 0.1) is 25.0 Å². The molecule has 1 aromatic heterocycles. The number of hydrogen-bond donors (Lipinski definition) is 3. The zero-order valence-corrected chi connectivity index (χ0v) is 22.8. The van der Waals surface area contributed by atoms with Crippen LogP contribution in [0.25, 0.3) is 0 Å². The Morgan fingerprint density at radius 3 is 2.83 bits per heavy atom. The van der Waals surface area contributed by atoms with Crippen LogP contribution < -0.4 is 30.9 Å². The predicted molar refractivity (Wildman–Crippen MR) is 157 cm³/mol. The molecular formula is C29H34N8O3.